The van der Waals surface area contributed by atoms with Crippen molar-refractivity contribution in [2.75, 3.05) is 0 Å². The maximum absolute atomic E-state index is 13.3. The highest BCUT2D eigenvalue weighted by Gasteiger charge is 2.29. The minimum atomic E-state index is -2.11. The van der Waals surface area contributed by atoms with Gasteiger partial charge in [0.2, 0.25) is 0 Å². The molecule has 7 heteroatoms. The third-order valence-corrected chi connectivity index (χ3v) is 2.07. The van der Waals surface area contributed by atoms with Gasteiger partial charge in [0.1, 0.15) is 5.56 Å². The van der Waals surface area contributed by atoms with Gasteiger partial charge in [-0.15, -0.1) is 0 Å². The van der Waals surface area contributed by atoms with E-state index in [-0.39, 0.29) is 0 Å². The molecular weight excluding hydrogens is 244 g/mol. The lowest BCUT2D eigenvalue weighted by atomic mass is 10.0. The summed E-state index contributed by atoms with van der Waals surface area (Å²) in [5.41, 5.74) is -2.70. The number of aliphatic hydroxyl groups is 1. The lowest BCUT2D eigenvalue weighted by Crippen LogP contribution is -2.16. The summed E-state index contributed by atoms with van der Waals surface area (Å²) >= 11 is 0. The van der Waals surface area contributed by atoms with Crippen molar-refractivity contribution in [3.63, 3.8) is 0 Å². The van der Waals surface area contributed by atoms with Gasteiger partial charge < -0.3 is 10.2 Å². The quantitative estimate of drug-likeness (QED) is 0.637. The van der Waals surface area contributed by atoms with Gasteiger partial charge in [-0.25, -0.2) is 22.4 Å². The molecule has 0 radical (unpaired) electrons. The van der Waals surface area contributed by atoms with Crippen molar-refractivity contribution in [3.8, 4) is 0 Å². The van der Waals surface area contributed by atoms with Crippen molar-refractivity contribution >= 4 is 5.97 Å². The molecule has 1 aromatic carbocycles. The van der Waals surface area contributed by atoms with E-state index in [1.807, 2.05) is 0 Å². The Morgan fingerprint density at radius 1 is 1.12 bits per heavy atom. The van der Waals surface area contributed by atoms with Crippen LogP contribution in [0.5, 0.6) is 0 Å². The number of hydrogen-bond acceptors (Lipinski definition) is 2. The van der Waals surface area contributed by atoms with Crippen molar-refractivity contribution < 1.29 is 32.6 Å². The molecule has 1 aromatic rings. The van der Waals surface area contributed by atoms with Crippen LogP contribution >= 0.6 is 0 Å². The van der Waals surface area contributed by atoms with Gasteiger partial charge >= 0.3 is 5.97 Å². The molecule has 0 saturated carbocycles. The molecule has 94 valence electrons. The minimum Gasteiger partial charge on any atom is -0.477 e. The summed E-state index contributed by atoms with van der Waals surface area (Å²) in [5, 5.41) is 17.3. The molecule has 3 nitrogen and oxygen atoms in total. The Bertz CT molecular complexity index is 442. The summed E-state index contributed by atoms with van der Waals surface area (Å²) in [6.07, 6.45) is -1.89. The van der Waals surface area contributed by atoms with Crippen LogP contribution in [-0.2, 0) is 6.42 Å². The van der Waals surface area contributed by atoms with E-state index >= 15 is 0 Å². The van der Waals surface area contributed by atoms with Crippen molar-refractivity contribution in [1.82, 2.24) is 0 Å². The Hall–Kier alpha value is -1.63. The summed E-state index contributed by atoms with van der Waals surface area (Å²) in [7, 11) is 0. The Morgan fingerprint density at radius 2 is 1.53 bits per heavy atom. The largest absolute Gasteiger partial charge is 0.477 e. The predicted molar refractivity (Wildman–Crippen MR) is 48.6 cm³/mol. The van der Waals surface area contributed by atoms with E-state index in [0.717, 1.165) is 0 Å². The van der Waals surface area contributed by atoms with Gasteiger partial charge in [-0.1, -0.05) is 0 Å². The van der Waals surface area contributed by atoms with E-state index in [1.165, 1.54) is 6.92 Å². The summed E-state index contributed by atoms with van der Waals surface area (Å²) in [5.74, 6) is -9.68. The average molecular weight is 252 g/mol. The second-order valence-corrected chi connectivity index (χ2v) is 3.47. The number of carbonyl (C=O) groups is 1. The first-order chi connectivity index (χ1) is 7.77. The zero-order valence-corrected chi connectivity index (χ0v) is 8.60. The van der Waals surface area contributed by atoms with Gasteiger partial charge in [0, 0.05) is 12.0 Å². The van der Waals surface area contributed by atoms with Crippen molar-refractivity contribution in [3.05, 3.63) is 34.4 Å². The second kappa shape index (κ2) is 4.70. The van der Waals surface area contributed by atoms with Crippen molar-refractivity contribution in [2.45, 2.75) is 19.4 Å². The van der Waals surface area contributed by atoms with Crippen LogP contribution in [0.4, 0.5) is 17.6 Å². The van der Waals surface area contributed by atoms with Gasteiger partial charge in [0.05, 0.1) is 6.10 Å². The van der Waals surface area contributed by atoms with E-state index in [1.54, 1.807) is 0 Å². The Balaban J connectivity index is 3.52. The maximum Gasteiger partial charge on any atom is 0.341 e. The highest BCUT2D eigenvalue weighted by Crippen LogP contribution is 2.25. The molecule has 1 atom stereocenters. The molecule has 0 spiro atoms. The molecule has 1 rings (SSSR count). The van der Waals surface area contributed by atoms with Crippen LogP contribution in [0.1, 0.15) is 22.8 Å². The summed E-state index contributed by atoms with van der Waals surface area (Å²) in [6, 6.07) is 0. The Kier molecular flexibility index (Phi) is 3.72. The molecule has 1 unspecified atom stereocenters. The maximum atomic E-state index is 13.3. The molecule has 2 N–H and O–H groups in total. The molecule has 0 aliphatic rings. The predicted octanol–water partition coefficient (Wildman–Crippen LogP) is 1.86. The topological polar surface area (TPSA) is 57.5 Å². The molecule has 0 fully saturated rings. The fourth-order valence-corrected chi connectivity index (χ4v) is 1.34. The first-order valence-corrected chi connectivity index (χ1v) is 4.53. The molecular formula is C10H8F4O3. The van der Waals surface area contributed by atoms with Crippen LogP contribution in [0, 0.1) is 23.3 Å². The highest BCUT2D eigenvalue weighted by molar-refractivity contribution is 5.88. The van der Waals surface area contributed by atoms with Crippen LogP contribution in [0.3, 0.4) is 0 Å². The SMILES string of the molecule is CC(O)Cc1c(F)c(F)c(C(=O)O)c(F)c1F. The summed E-state index contributed by atoms with van der Waals surface area (Å²) in [6.45, 7) is 1.17. The zero-order valence-electron chi connectivity index (χ0n) is 8.60. The zero-order chi connectivity index (χ0) is 13.3. The fraction of sp³-hybridized carbons (Fsp3) is 0.300. The molecule has 0 heterocycles. The van der Waals surface area contributed by atoms with Crippen molar-refractivity contribution in [1.29, 1.82) is 0 Å². The third-order valence-electron chi connectivity index (χ3n) is 2.07. The van der Waals surface area contributed by atoms with Crippen molar-refractivity contribution in [2.24, 2.45) is 0 Å². The fourth-order valence-electron chi connectivity index (χ4n) is 1.34. The van der Waals surface area contributed by atoms with Gasteiger partial charge in [0.15, 0.2) is 23.3 Å². The van der Waals surface area contributed by atoms with E-state index in [4.69, 9.17) is 10.2 Å². The second-order valence-electron chi connectivity index (χ2n) is 3.47. The molecule has 0 aliphatic heterocycles. The number of hydrogen-bond donors (Lipinski definition) is 2. The minimum absolute atomic E-state index is 0.661. The van der Waals surface area contributed by atoms with Crippen LogP contribution in [-0.4, -0.2) is 22.3 Å². The molecule has 0 aliphatic carbocycles. The van der Waals surface area contributed by atoms with Gasteiger partial charge in [-0.05, 0) is 6.92 Å². The van der Waals surface area contributed by atoms with E-state index in [2.05, 4.69) is 0 Å². The Morgan fingerprint density at radius 3 is 1.82 bits per heavy atom. The van der Waals surface area contributed by atoms with E-state index in [9.17, 15) is 22.4 Å². The standard InChI is InChI=1S/C10H8F4O3/c1-3(15)2-4-6(11)8(13)5(10(16)17)9(14)7(4)12/h3,15H,2H2,1H3,(H,16,17). The van der Waals surface area contributed by atoms with Crippen LogP contribution in [0.15, 0.2) is 0 Å². The number of carboxylic acid groups (broad SMARTS) is 1. The molecule has 0 amide bonds. The number of rotatable bonds is 3. The molecule has 17 heavy (non-hydrogen) atoms. The average Bonchev–Trinajstić information content (AvgIpc) is 2.21. The Labute approximate surface area is 93.3 Å². The number of carboxylic acids is 1. The lowest BCUT2D eigenvalue weighted by Gasteiger charge is -2.10. The lowest BCUT2D eigenvalue weighted by molar-refractivity contribution is 0.0683. The highest BCUT2D eigenvalue weighted by atomic mass is 19.2. The number of benzene rings is 1. The van der Waals surface area contributed by atoms with Crippen LogP contribution in [0.2, 0.25) is 0 Å². The molecule has 0 bridgehead atoms. The van der Waals surface area contributed by atoms with Gasteiger partial charge in [0.25, 0.3) is 0 Å². The molecule has 0 aromatic heterocycles. The number of aliphatic hydroxyl groups excluding tert-OH is 1. The number of aromatic carboxylic acids is 1. The first-order valence-electron chi connectivity index (χ1n) is 4.53. The normalized spacial score (nSPS) is 12.6. The smallest absolute Gasteiger partial charge is 0.341 e. The third kappa shape index (κ3) is 2.38. The summed E-state index contributed by atoms with van der Waals surface area (Å²) < 4.78 is 52.9. The molecule has 0 saturated heterocycles. The van der Waals surface area contributed by atoms with Gasteiger partial charge in [-0.2, -0.15) is 0 Å². The van der Waals surface area contributed by atoms with E-state index in [0.29, 0.717) is 0 Å². The number of halogens is 4. The summed E-state index contributed by atoms with van der Waals surface area (Å²) in [4.78, 5) is 10.4. The van der Waals surface area contributed by atoms with Crippen LogP contribution in [0.25, 0.3) is 0 Å². The first kappa shape index (κ1) is 13.4. The van der Waals surface area contributed by atoms with E-state index < -0.39 is 52.9 Å². The monoisotopic (exact) mass is 252 g/mol. The van der Waals surface area contributed by atoms with Gasteiger partial charge in [-0.3, -0.25) is 0 Å². The van der Waals surface area contributed by atoms with Crippen LogP contribution < -0.4 is 0 Å².